The minimum absolute atomic E-state index is 0.520. The van der Waals surface area contributed by atoms with Gasteiger partial charge < -0.3 is 9.88 Å². The Morgan fingerprint density at radius 1 is 1.30 bits per heavy atom. The predicted molar refractivity (Wildman–Crippen MR) is 84.1 cm³/mol. The molecule has 0 saturated carbocycles. The average molecular weight is 288 g/mol. The summed E-state index contributed by atoms with van der Waals surface area (Å²) in [7, 11) is 0. The fourth-order valence-corrected chi connectivity index (χ4v) is 3.68. The number of para-hydroxylation sites is 1. The van der Waals surface area contributed by atoms with Crippen LogP contribution in [0, 0.1) is 0 Å². The van der Waals surface area contributed by atoms with E-state index in [4.69, 9.17) is 0 Å². The Balaban J connectivity index is 1.63. The van der Waals surface area contributed by atoms with Gasteiger partial charge in [-0.2, -0.15) is 0 Å². The molecule has 106 valence electrons. The molecule has 1 aromatic carbocycles. The first kappa shape index (κ1) is 13.5. The van der Waals surface area contributed by atoms with E-state index in [1.54, 1.807) is 0 Å². The molecule has 1 N–H and O–H groups in total. The first-order valence-corrected chi connectivity index (χ1v) is 8.26. The molecule has 20 heavy (non-hydrogen) atoms. The van der Waals surface area contributed by atoms with E-state index in [9.17, 15) is 0 Å². The van der Waals surface area contributed by atoms with Crippen molar-refractivity contribution in [2.75, 3.05) is 17.6 Å². The highest BCUT2D eigenvalue weighted by Gasteiger charge is 2.23. The number of hydrogen-bond donors (Lipinski definition) is 1. The van der Waals surface area contributed by atoms with Crippen LogP contribution in [-0.4, -0.2) is 27.1 Å². The summed E-state index contributed by atoms with van der Waals surface area (Å²) in [5, 5.41) is 12.7. The number of nitrogens with one attached hydrogen (secondary N) is 1. The van der Waals surface area contributed by atoms with Gasteiger partial charge in [0.25, 0.3) is 0 Å². The van der Waals surface area contributed by atoms with Crippen LogP contribution in [0.5, 0.6) is 0 Å². The van der Waals surface area contributed by atoms with Gasteiger partial charge in [0.1, 0.15) is 11.6 Å². The molecular formula is C15H20N4S. The molecule has 0 radical (unpaired) electrons. The third-order valence-corrected chi connectivity index (χ3v) is 4.97. The monoisotopic (exact) mass is 288 g/mol. The molecule has 3 rings (SSSR count). The summed E-state index contributed by atoms with van der Waals surface area (Å²) in [6.07, 6.45) is 2.05. The van der Waals surface area contributed by atoms with Gasteiger partial charge in [0.2, 0.25) is 0 Å². The molecule has 1 unspecified atom stereocenters. The van der Waals surface area contributed by atoms with Crippen molar-refractivity contribution in [3.05, 3.63) is 42.0 Å². The number of thioether (sulfide) groups is 1. The van der Waals surface area contributed by atoms with Gasteiger partial charge in [-0.25, -0.2) is 0 Å². The molecule has 1 aromatic heterocycles. The molecule has 0 aliphatic carbocycles. The Bertz CT molecular complexity index is 552. The predicted octanol–water partition coefficient (Wildman–Crippen LogP) is 3.13. The minimum atomic E-state index is 0.520. The second-order valence-corrected chi connectivity index (χ2v) is 6.25. The molecule has 1 aliphatic heterocycles. The summed E-state index contributed by atoms with van der Waals surface area (Å²) < 4.78 is 2.32. The van der Waals surface area contributed by atoms with E-state index in [0.717, 1.165) is 37.4 Å². The van der Waals surface area contributed by atoms with Crippen molar-refractivity contribution in [2.45, 2.75) is 31.6 Å². The van der Waals surface area contributed by atoms with Crippen molar-refractivity contribution in [3.63, 3.8) is 0 Å². The number of hydrogen-bond acceptors (Lipinski definition) is 4. The molecule has 2 aromatic rings. The lowest BCUT2D eigenvalue weighted by Crippen LogP contribution is -2.18. The number of rotatable bonds is 5. The summed E-state index contributed by atoms with van der Waals surface area (Å²) in [6.45, 7) is 4.16. The van der Waals surface area contributed by atoms with Crippen molar-refractivity contribution in [1.29, 1.82) is 0 Å². The van der Waals surface area contributed by atoms with E-state index >= 15 is 0 Å². The summed E-state index contributed by atoms with van der Waals surface area (Å²) in [5.74, 6) is 3.45. The van der Waals surface area contributed by atoms with E-state index in [1.165, 1.54) is 11.6 Å². The highest BCUT2D eigenvalue weighted by molar-refractivity contribution is 7.99. The molecule has 0 fully saturated rings. The number of anilines is 1. The second kappa shape index (κ2) is 6.31. The SMILES string of the molecule is CCC1SCCn2c(CCNc3ccccc3)nnc21. The molecule has 2 heterocycles. The van der Waals surface area contributed by atoms with Crippen LogP contribution in [-0.2, 0) is 13.0 Å². The number of fused-ring (bicyclic) bond motifs is 1. The Morgan fingerprint density at radius 2 is 2.15 bits per heavy atom. The number of aromatic nitrogens is 3. The van der Waals surface area contributed by atoms with Gasteiger partial charge in [-0.3, -0.25) is 0 Å². The van der Waals surface area contributed by atoms with Gasteiger partial charge in [-0.15, -0.1) is 22.0 Å². The number of nitrogens with zero attached hydrogens (tertiary/aromatic N) is 3. The molecule has 4 nitrogen and oxygen atoms in total. The highest BCUT2D eigenvalue weighted by Crippen LogP contribution is 2.34. The van der Waals surface area contributed by atoms with E-state index in [-0.39, 0.29) is 0 Å². The number of benzene rings is 1. The zero-order chi connectivity index (χ0) is 13.8. The Morgan fingerprint density at radius 3 is 2.95 bits per heavy atom. The van der Waals surface area contributed by atoms with Crippen LogP contribution in [0.1, 0.15) is 30.2 Å². The zero-order valence-electron chi connectivity index (χ0n) is 11.7. The van der Waals surface area contributed by atoms with Crippen LogP contribution in [0.4, 0.5) is 5.69 Å². The molecule has 0 amide bonds. The zero-order valence-corrected chi connectivity index (χ0v) is 12.6. The maximum atomic E-state index is 4.40. The fourth-order valence-electron chi connectivity index (χ4n) is 2.55. The smallest absolute Gasteiger partial charge is 0.146 e. The van der Waals surface area contributed by atoms with Gasteiger partial charge in [0.15, 0.2) is 0 Å². The largest absolute Gasteiger partial charge is 0.385 e. The molecule has 0 spiro atoms. The molecular weight excluding hydrogens is 268 g/mol. The molecule has 1 aliphatic rings. The minimum Gasteiger partial charge on any atom is -0.385 e. The maximum absolute atomic E-state index is 4.40. The third-order valence-electron chi connectivity index (χ3n) is 3.60. The topological polar surface area (TPSA) is 42.7 Å². The average Bonchev–Trinajstić information content (AvgIpc) is 2.92. The molecule has 5 heteroatoms. The highest BCUT2D eigenvalue weighted by atomic mass is 32.2. The van der Waals surface area contributed by atoms with Gasteiger partial charge in [-0.1, -0.05) is 25.1 Å². The summed E-state index contributed by atoms with van der Waals surface area (Å²) in [5.41, 5.74) is 1.16. The first-order valence-electron chi connectivity index (χ1n) is 7.21. The van der Waals surface area contributed by atoms with Gasteiger partial charge in [0.05, 0.1) is 5.25 Å². The molecule has 0 saturated heterocycles. The Hall–Kier alpha value is -1.49. The van der Waals surface area contributed by atoms with Crippen molar-refractivity contribution < 1.29 is 0 Å². The lowest BCUT2D eigenvalue weighted by molar-refractivity contribution is 0.631. The lowest BCUT2D eigenvalue weighted by atomic mass is 10.3. The van der Waals surface area contributed by atoms with Crippen LogP contribution in [0.15, 0.2) is 30.3 Å². The van der Waals surface area contributed by atoms with E-state index in [0.29, 0.717) is 5.25 Å². The summed E-state index contributed by atoms with van der Waals surface area (Å²) in [4.78, 5) is 0. The summed E-state index contributed by atoms with van der Waals surface area (Å²) >= 11 is 2.00. The first-order chi connectivity index (χ1) is 9.88. The van der Waals surface area contributed by atoms with Crippen LogP contribution >= 0.6 is 11.8 Å². The summed E-state index contributed by atoms with van der Waals surface area (Å²) in [6, 6.07) is 10.3. The van der Waals surface area contributed by atoms with Crippen LogP contribution < -0.4 is 5.32 Å². The molecule has 1 atom stereocenters. The Labute approximate surface area is 124 Å². The van der Waals surface area contributed by atoms with Gasteiger partial charge in [0, 0.05) is 31.0 Å². The fraction of sp³-hybridized carbons (Fsp3) is 0.467. The standard InChI is InChI=1S/C15H20N4S/c1-2-13-15-18-17-14(19(15)10-11-20-13)8-9-16-12-6-4-3-5-7-12/h3-7,13,16H,2,8-11H2,1H3. The normalized spacial score (nSPS) is 17.8. The maximum Gasteiger partial charge on any atom is 0.146 e. The third kappa shape index (κ3) is 2.82. The van der Waals surface area contributed by atoms with Gasteiger partial charge >= 0.3 is 0 Å². The molecule has 0 bridgehead atoms. The van der Waals surface area contributed by atoms with Crippen molar-refractivity contribution in [1.82, 2.24) is 14.8 Å². The van der Waals surface area contributed by atoms with Crippen molar-refractivity contribution in [2.24, 2.45) is 0 Å². The van der Waals surface area contributed by atoms with Crippen molar-refractivity contribution >= 4 is 17.4 Å². The van der Waals surface area contributed by atoms with E-state index in [1.807, 2.05) is 30.0 Å². The van der Waals surface area contributed by atoms with Crippen LogP contribution in [0.25, 0.3) is 0 Å². The van der Waals surface area contributed by atoms with Crippen molar-refractivity contribution in [3.8, 4) is 0 Å². The van der Waals surface area contributed by atoms with Gasteiger partial charge in [-0.05, 0) is 18.6 Å². The van der Waals surface area contributed by atoms with E-state index < -0.39 is 0 Å². The lowest BCUT2D eigenvalue weighted by Gasteiger charge is -2.22. The quantitative estimate of drug-likeness (QED) is 0.918. The van der Waals surface area contributed by atoms with Crippen LogP contribution in [0.2, 0.25) is 0 Å². The van der Waals surface area contributed by atoms with Crippen LogP contribution in [0.3, 0.4) is 0 Å². The second-order valence-electron chi connectivity index (χ2n) is 4.94. The Kier molecular flexibility index (Phi) is 4.25. The van der Waals surface area contributed by atoms with E-state index in [2.05, 4.69) is 39.1 Å².